The number of methoxy groups -OCH3 is 5. The number of hydrogen-bond donors (Lipinski definition) is 7. The van der Waals surface area contributed by atoms with Crippen LogP contribution in [0.2, 0.25) is 0 Å². The van der Waals surface area contributed by atoms with Gasteiger partial charge in [0.2, 0.25) is 31.9 Å². The minimum absolute atomic E-state index is 0.00463. The number of carbonyl (C=O) groups is 7. The van der Waals surface area contributed by atoms with Crippen molar-refractivity contribution in [3.05, 3.63) is 206 Å². The molecule has 0 aliphatic rings. The number of carbonyl (C=O) groups excluding carboxylic acids is 7. The van der Waals surface area contributed by atoms with Crippen molar-refractivity contribution in [2.75, 3.05) is 155 Å². The third kappa shape index (κ3) is 197. The zero-order valence-corrected chi connectivity index (χ0v) is 102. The van der Waals surface area contributed by atoms with Gasteiger partial charge in [-0.05, 0) is 132 Å². The van der Waals surface area contributed by atoms with Crippen molar-refractivity contribution in [1.82, 2.24) is 36.0 Å². The second kappa shape index (κ2) is 132. The van der Waals surface area contributed by atoms with Crippen LogP contribution in [0.5, 0.6) is 0 Å². The highest BCUT2D eigenvalue weighted by Crippen LogP contribution is 2.25. The molecule has 9 aromatic carbocycles. The van der Waals surface area contributed by atoms with Crippen molar-refractivity contribution in [1.29, 1.82) is 0 Å². The molecule has 0 saturated heterocycles. The third-order valence-electron chi connectivity index (χ3n) is 10.7. The average molecular weight is 2120 g/mol. The van der Waals surface area contributed by atoms with Gasteiger partial charge in [-0.1, -0.05) is 359 Å². The number of sulfone groups is 1. The molecule has 141 heavy (non-hydrogen) atoms. The monoisotopic (exact) mass is 2110 g/mol. The van der Waals surface area contributed by atoms with Crippen LogP contribution in [0.15, 0.2) is 200 Å². The number of hydrogen-bond acceptors (Lipinski definition) is 24. The number of amides is 5. The lowest BCUT2D eigenvalue weighted by atomic mass is 10.0. The average Bonchev–Trinajstić information content (AvgIpc) is 0.767. The first kappa shape index (κ1) is 177. The molecule has 0 aliphatic heterocycles. The summed E-state index contributed by atoms with van der Waals surface area (Å²) in [5.74, 6) is 0.197. The Hall–Kier alpha value is -9.69. The van der Waals surface area contributed by atoms with Crippen molar-refractivity contribution in [3.63, 3.8) is 0 Å². The molecule has 826 valence electrons. The number of thioether (sulfide) groups is 1. The summed E-state index contributed by atoms with van der Waals surface area (Å²) in [5.41, 5.74) is 1.82. The number of sulfonamides is 2. The summed E-state index contributed by atoms with van der Waals surface area (Å²) in [4.78, 5) is 68.2. The highest BCUT2D eigenvalue weighted by atomic mass is 32.2. The standard InChI is InChI=1S/2C14H10.C10H8.C7H8.C5H12.C4H10.C3H8N2O.C3H7NO3S.C3H7NO2.C3H7NO.C3H6O3.C3H6O2.C3H6O.C3H8.C2H7NO2S.C2H7N.C2H6O3S.C2H6O2S.C2H6OS.C2H6O.C2H6S.7C2H6/c1-3-7-13-11(5-1)9-10-12-6-2-4-8-14(12)13;1-2-6-12-10-14-8-4-3-7-13(14)9-11(12)5-1;1-2-6-10-8-4-3-7-9(10)5-1;1-7-5-3-2-4-6-7;1-5(2,3)4;1-4(2)3;1-4-3(6)5-2;1-3(5)4-8(2,6)7;1-4-3(5)6-2;1-3(5)4-2;1-5-3(4)6-2;1-3(4)5-2;1-3(2)4;1-3-2;1-3-6(2,4)5;1-3-2;1-5-6(2,3)4;1-5(2,3)4;1-4(2)3;2*1-3-2;7*1-2/h2*1-10H;1-8H;2-6H,1H3;1-4H3;4H,1-3H3;1-2H3,(H2,4,5,6);1-2H3,(H,4,5);1-2H3,(H,4,5);1-2H3,(H,4,5);1-2H3;1-2H3;1-2H3;3H2,1-2H3;3H,1-2H3;3H,1-2H3;1-2H3;1-2H3;1-2H3;2*1-2H3;7*1-2H3. The number of urea groups is 1. The predicted molar refractivity (Wildman–Crippen MR) is 620 cm³/mol. The van der Waals surface area contributed by atoms with Gasteiger partial charge in [0, 0.05) is 99.0 Å². The van der Waals surface area contributed by atoms with Crippen LogP contribution >= 0.6 is 11.8 Å². The van der Waals surface area contributed by atoms with Crippen molar-refractivity contribution in [2.24, 2.45) is 11.3 Å². The second-order valence-corrected chi connectivity index (χ2v) is 37.6. The highest BCUT2D eigenvalue weighted by molar-refractivity contribution is 7.97. The van der Waals surface area contributed by atoms with Crippen LogP contribution in [-0.2, 0) is 97.8 Å². The third-order valence-corrected chi connectivity index (χ3v) is 12.7. The van der Waals surface area contributed by atoms with Crippen LogP contribution in [0.3, 0.4) is 0 Å². The number of Topliss-reactive ketones (excluding diaryl/α,β-unsaturated/α-hetero) is 1. The summed E-state index contributed by atoms with van der Waals surface area (Å²) in [6.45, 7) is 56.6. The zero-order valence-electron chi connectivity index (χ0n) is 96.8. The molecule has 29 nitrogen and oxygen atoms in total. The zero-order chi connectivity index (χ0) is 116. The highest BCUT2D eigenvalue weighted by Gasteiger charge is 2.02. The number of rotatable bonds is 3. The van der Waals surface area contributed by atoms with Crippen LogP contribution in [0.1, 0.15) is 206 Å². The predicted octanol–water partition coefficient (Wildman–Crippen LogP) is 24.2. The Morgan fingerprint density at radius 3 is 0.667 bits per heavy atom. The minimum Gasteiger partial charge on any atom is -0.469 e. The van der Waals surface area contributed by atoms with Crippen molar-refractivity contribution >= 4 is 158 Å². The van der Waals surface area contributed by atoms with Gasteiger partial charge < -0.3 is 55.1 Å². The fourth-order valence-corrected chi connectivity index (χ4v) is 6.60. The number of ketones is 1. The Balaban J connectivity index is -0.0000000659. The summed E-state index contributed by atoms with van der Waals surface area (Å²) in [5, 5.41) is 25.3. The molecule has 0 aromatic heterocycles. The van der Waals surface area contributed by atoms with Gasteiger partial charge >= 0.3 is 24.2 Å². The second-order valence-electron chi connectivity index (χ2n) is 27.6. The van der Waals surface area contributed by atoms with Crippen LogP contribution in [0.25, 0.3) is 53.9 Å². The van der Waals surface area contributed by atoms with E-state index in [2.05, 4.69) is 310 Å². The quantitative estimate of drug-likeness (QED) is 0.0284. The number of alkyl carbamates (subject to hydrolysis) is 1. The first-order chi connectivity index (χ1) is 65.6. The summed E-state index contributed by atoms with van der Waals surface area (Å²) in [7, 11) is 8.24. The normalized spacial score (nSPS) is 8.61. The molecule has 0 spiro atoms. The van der Waals surface area contributed by atoms with Gasteiger partial charge in [-0.25, -0.2) is 44.4 Å². The molecule has 0 radical (unpaired) electrons. The Labute approximate surface area is 867 Å². The molecule has 9 aromatic rings. The van der Waals surface area contributed by atoms with Gasteiger partial charge in [0.15, 0.2) is 0 Å². The van der Waals surface area contributed by atoms with Gasteiger partial charge in [0.05, 0.1) is 54.3 Å². The maximum Gasteiger partial charge on any atom is 0.507 e. The molecule has 5 amide bonds. The van der Waals surface area contributed by atoms with Crippen LogP contribution in [0.4, 0.5) is 14.4 Å². The summed E-state index contributed by atoms with van der Waals surface area (Å²) in [6, 6.07) is 69.6. The smallest absolute Gasteiger partial charge is 0.469 e. The van der Waals surface area contributed by atoms with E-state index in [1.54, 1.807) is 64.4 Å². The van der Waals surface area contributed by atoms with Gasteiger partial charge in [0.1, 0.15) is 15.6 Å². The SMILES string of the molecule is CC.CC.CC.CC.CC.CC.CC.CC(=O)NS(C)(=O)=O.CC(C)(C)C.CC(C)=O.CC(C)C.CCC.CNC.CNC(=O)NC.CNC(=O)OC.CNC(C)=O.CNS(C)(=O)=O.COC.COC(=O)OC.COC(C)=O.COS(C)(=O)=O.CS(C)(=O)=O.CS(C)=O.CSC.Cc1ccccc1.c1ccc2c(c1)ccc1ccccc12.c1ccc2cc3ccccc3cc2c1.c1ccc2ccccc2c1. The number of aryl methyl sites for hydroxylation is 1. The fourth-order valence-electron chi connectivity index (χ4n) is 6.08. The molecule has 0 fully saturated rings. The minimum atomic E-state index is -3.32. The molecule has 0 heterocycles. The van der Waals surface area contributed by atoms with E-state index in [4.69, 9.17) is 0 Å². The lowest BCUT2D eigenvalue weighted by molar-refractivity contribution is -0.138. The fraction of sp³-hybridized carbons (Fsp3) is 0.519. The Morgan fingerprint density at radius 1 is 0.383 bits per heavy atom. The van der Waals surface area contributed by atoms with E-state index in [0.29, 0.717) is 5.41 Å². The molecule has 0 bridgehead atoms. The van der Waals surface area contributed by atoms with E-state index in [1.165, 1.54) is 136 Å². The van der Waals surface area contributed by atoms with E-state index >= 15 is 0 Å². The summed E-state index contributed by atoms with van der Waals surface area (Å²) < 4.78 is 117. The molecule has 35 heteroatoms. The molecular formula is C106H199N7O22S6. The lowest BCUT2D eigenvalue weighted by Crippen LogP contribution is -2.28. The largest absolute Gasteiger partial charge is 0.507 e. The Kier molecular flexibility index (Phi) is 166. The maximum absolute atomic E-state index is 10.1. The number of ether oxygens (including phenoxy) is 5. The van der Waals surface area contributed by atoms with Crippen LogP contribution < -0.4 is 36.0 Å². The van der Waals surface area contributed by atoms with Gasteiger partial charge in [-0.2, -0.15) is 20.2 Å². The van der Waals surface area contributed by atoms with Crippen LogP contribution in [-0.4, -0.2) is 235 Å². The maximum atomic E-state index is 10.1. The van der Waals surface area contributed by atoms with Crippen molar-refractivity contribution in [2.45, 2.75) is 207 Å². The number of esters is 1. The first-order valence-corrected chi connectivity index (χ1v) is 57.2. The summed E-state index contributed by atoms with van der Waals surface area (Å²) in [6.07, 6.45) is 12.9. The number of benzene rings is 9. The summed E-state index contributed by atoms with van der Waals surface area (Å²) >= 11 is 1.75. The lowest BCUT2D eigenvalue weighted by Gasteiger charge is -2.05. The topological polar surface area (TPSA) is 413 Å². The molecular weight excluding hydrogens is 1920 g/mol. The van der Waals surface area contributed by atoms with E-state index in [-0.39, 0.29) is 23.7 Å². The van der Waals surface area contributed by atoms with E-state index in [9.17, 15) is 71.4 Å². The van der Waals surface area contributed by atoms with E-state index < -0.39 is 69.0 Å². The Morgan fingerprint density at radius 2 is 0.567 bits per heavy atom. The van der Waals surface area contributed by atoms with Crippen LogP contribution in [0, 0.1) is 18.3 Å². The molecule has 9 rings (SSSR count). The van der Waals surface area contributed by atoms with Gasteiger partial charge in [-0.3, -0.25) is 27.5 Å². The number of nitrogens with one attached hydrogen (secondary N) is 7. The van der Waals surface area contributed by atoms with Crippen molar-refractivity contribution in [3.8, 4) is 0 Å². The van der Waals surface area contributed by atoms with E-state index in [0.717, 1.165) is 51.2 Å². The van der Waals surface area contributed by atoms with Crippen molar-refractivity contribution < 1.29 is 99.3 Å². The molecule has 0 aliphatic carbocycles. The molecule has 0 unspecified atom stereocenters. The molecule has 0 atom stereocenters. The first-order valence-electron chi connectivity index (χ1n) is 45.7. The Bertz CT molecular complexity index is 4350. The molecule has 0 saturated carbocycles. The van der Waals surface area contributed by atoms with E-state index in [1.807, 2.05) is 142 Å². The number of fused-ring (bicyclic) bond motifs is 6. The molecule has 7 N–H and O–H groups in total. The van der Waals surface area contributed by atoms with Gasteiger partial charge in [0.25, 0.3) is 10.1 Å². The van der Waals surface area contributed by atoms with Gasteiger partial charge in [-0.15, -0.1) is 0 Å².